The molecule has 0 aromatic rings. The molecule has 0 rings (SSSR count). The number of nitriles is 1. The van der Waals surface area contributed by atoms with Crippen LogP contribution in [-0.2, 0) is 9.59 Å². The largest absolute Gasteiger partial charge is 0.480 e. The standard InChI is InChI=1S/C10H15N3O3S/c1-12-6-7(5-11)9(14)13-8(10(15)16)3-4-17-2/h6,8,12H,3-4H2,1-2H3,(H,13,14)(H,15,16)/b7-6-. The van der Waals surface area contributed by atoms with Crippen molar-refractivity contribution in [3.63, 3.8) is 0 Å². The maximum atomic E-state index is 11.5. The van der Waals surface area contributed by atoms with E-state index in [1.54, 1.807) is 13.1 Å². The van der Waals surface area contributed by atoms with Crippen LogP contribution in [0.5, 0.6) is 0 Å². The number of carboxylic acids is 1. The zero-order valence-corrected chi connectivity index (χ0v) is 10.5. The monoisotopic (exact) mass is 257 g/mol. The first-order valence-corrected chi connectivity index (χ1v) is 6.26. The number of rotatable bonds is 7. The lowest BCUT2D eigenvalue weighted by Gasteiger charge is -2.13. The van der Waals surface area contributed by atoms with Crippen molar-refractivity contribution in [3.05, 3.63) is 11.8 Å². The number of carbonyl (C=O) groups is 2. The number of hydrogen-bond donors (Lipinski definition) is 3. The first kappa shape index (κ1) is 15.3. The SMILES string of the molecule is CN/C=C(/C#N)C(=O)NC(CCSC)C(=O)O. The molecule has 1 amide bonds. The molecule has 0 fully saturated rings. The van der Waals surface area contributed by atoms with E-state index in [2.05, 4.69) is 10.6 Å². The zero-order valence-electron chi connectivity index (χ0n) is 9.69. The van der Waals surface area contributed by atoms with E-state index in [-0.39, 0.29) is 5.57 Å². The lowest BCUT2D eigenvalue weighted by Crippen LogP contribution is -2.41. The minimum atomic E-state index is -1.10. The third-order valence-electron chi connectivity index (χ3n) is 1.87. The predicted molar refractivity (Wildman–Crippen MR) is 65.3 cm³/mol. The summed E-state index contributed by atoms with van der Waals surface area (Å²) in [6.07, 6.45) is 3.39. The highest BCUT2D eigenvalue weighted by atomic mass is 32.2. The molecule has 17 heavy (non-hydrogen) atoms. The number of thioether (sulfide) groups is 1. The van der Waals surface area contributed by atoms with Crippen LogP contribution in [0, 0.1) is 11.3 Å². The van der Waals surface area contributed by atoms with Crippen LogP contribution >= 0.6 is 11.8 Å². The highest BCUT2D eigenvalue weighted by Crippen LogP contribution is 2.02. The molecule has 0 bridgehead atoms. The van der Waals surface area contributed by atoms with E-state index in [0.29, 0.717) is 12.2 Å². The van der Waals surface area contributed by atoms with Gasteiger partial charge in [-0.2, -0.15) is 17.0 Å². The molecule has 0 aliphatic heterocycles. The predicted octanol–water partition coefficient (Wildman–Crippen LogP) is -0.0642. The van der Waals surface area contributed by atoms with Gasteiger partial charge in [-0.25, -0.2) is 4.79 Å². The third kappa shape index (κ3) is 5.82. The molecule has 0 heterocycles. The van der Waals surface area contributed by atoms with Crippen LogP contribution < -0.4 is 10.6 Å². The molecule has 0 saturated heterocycles. The molecule has 0 spiro atoms. The van der Waals surface area contributed by atoms with Gasteiger partial charge in [-0.05, 0) is 18.4 Å². The van der Waals surface area contributed by atoms with Gasteiger partial charge in [0.2, 0.25) is 0 Å². The normalized spacial score (nSPS) is 12.4. The summed E-state index contributed by atoms with van der Waals surface area (Å²) in [5.41, 5.74) is -0.150. The van der Waals surface area contributed by atoms with Gasteiger partial charge >= 0.3 is 5.97 Å². The molecule has 7 heteroatoms. The smallest absolute Gasteiger partial charge is 0.326 e. The first-order chi connectivity index (χ1) is 8.06. The molecule has 6 nitrogen and oxygen atoms in total. The fraction of sp³-hybridized carbons (Fsp3) is 0.500. The minimum absolute atomic E-state index is 0.150. The highest BCUT2D eigenvalue weighted by Gasteiger charge is 2.21. The Morgan fingerprint density at radius 2 is 2.24 bits per heavy atom. The molecule has 94 valence electrons. The lowest BCUT2D eigenvalue weighted by molar-refractivity contribution is -0.141. The average Bonchev–Trinajstić information content (AvgIpc) is 2.30. The quantitative estimate of drug-likeness (QED) is 0.436. The summed E-state index contributed by atoms with van der Waals surface area (Å²) in [5, 5.41) is 22.4. The maximum absolute atomic E-state index is 11.5. The van der Waals surface area contributed by atoms with Crippen LogP contribution in [0.15, 0.2) is 11.8 Å². The second-order valence-corrected chi connectivity index (χ2v) is 4.09. The molecule has 0 saturated carbocycles. The van der Waals surface area contributed by atoms with E-state index in [0.717, 1.165) is 0 Å². The molecular formula is C10H15N3O3S. The number of nitrogens with one attached hydrogen (secondary N) is 2. The summed E-state index contributed by atoms with van der Waals surface area (Å²) < 4.78 is 0. The van der Waals surface area contributed by atoms with Crippen molar-refractivity contribution in [2.75, 3.05) is 19.1 Å². The Labute approximate surface area is 104 Å². The zero-order chi connectivity index (χ0) is 13.3. The van der Waals surface area contributed by atoms with Gasteiger partial charge in [0.05, 0.1) is 0 Å². The summed E-state index contributed by atoms with van der Waals surface area (Å²) in [6, 6.07) is 0.723. The number of hydrogen-bond acceptors (Lipinski definition) is 5. The van der Waals surface area contributed by atoms with Gasteiger partial charge in [-0.15, -0.1) is 0 Å². The average molecular weight is 257 g/mol. The van der Waals surface area contributed by atoms with Crippen LogP contribution in [0.3, 0.4) is 0 Å². The van der Waals surface area contributed by atoms with Gasteiger partial charge in [-0.3, -0.25) is 4.79 Å². The maximum Gasteiger partial charge on any atom is 0.326 e. The third-order valence-corrected chi connectivity index (χ3v) is 2.51. The van der Waals surface area contributed by atoms with Gasteiger partial charge < -0.3 is 15.7 Å². The molecule has 0 aliphatic rings. The number of nitrogens with zero attached hydrogens (tertiary/aromatic N) is 1. The van der Waals surface area contributed by atoms with Gasteiger partial charge in [0.1, 0.15) is 17.7 Å². The molecule has 0 aromatic carbocycles. The lowest BCUT2D eigenvalue weighted by atomic mass is 10.2. The van der Waals surface area contributed by atoms with Gasteiger partial charge in [0.25, 0.3) is 5.91 Å². The summed E-state index contributed by atoms with van der Waals surface area (Å²) in [5.74, 6) is -1.17. The molecule has 1 unspecified atom stereocenters. The Bertz CT molecular complexity index is 349. The van der Waals surface area contributed by atoms with Crippen molar-refractivity contribution in [1.82, 2.24) is 10.6 Å². The second-order valence-electron chi connectivity index (χ2n) is 3.10. The van der Waals surface area contributed by atoms with Crippen molar-refractivity contribution in [3.8, 4) is 6.07 Å². The van der Waals surface area contributed by atoms with Crippen molar-refractivity contribution in [2.45, 2.75) is 12.5 Å². The van der Waals surface area contributed by atoms with E-state index in [1.807, 2.05) is 6.26 Å². The van der Waals surface area contributed by atoms with Crippen LogP contribution in [0.1, 0.15) is 6.42 Å². The first-order valence-electron chi connectivity index (χ1n) is 4.87. The van der Waals surface area contributed by atoms with Crippen molar-refractivity contribution in [2.24, 2.45) is 0 Å². The molecule has 0 aromatic heterocycles. The second kappa shape index (κ2) is 8.47. The van der Waals surface area contributed by atoms with E-state index in [9.17, 15) is 9.59 Å². The molecular weight excluding hydrogens is 242 g/mol. The van der Waals surface area contributed by atoms with E-state index < -0.39 is 17.9 Å². The van der Waals surface area contributed by atoms with Crippen LogP contribution in [0.25, 0.3) is 0 Å². The van der Waals surface area contributed by atoms with Crippen LogP contribution in [-0.4, -0.2) is 42.1 Å². The van der Waals surface area contributed by atoms with Crippen LogP contribution in [0.4, 0.5) is 0 Å². The Kier molecular flexibility index (Phi) is 7.63. The summed E-state index contributed by atoms with van der Waals surface area (Å²) in [7, 11) is 1.55. The fourth-order valence-corrected chi connectivity index (χ4v) is 1.49. The Balaban J connectivity index is 4.55. The van der Waals surface area contributed by atoms with Gasteiger partial charge in [-0.1, -0.05) is 0 Å². The number of aliphatic carboxylic acids is 1. The van der Waals surface area contributed by atoms with E-state index >= 15 is 0 Å². The molecule has 3 N–H and O–H groups in total. The molecule has 1 atom stereocenters. The van der Waals surface area contributed by atoms with Crippen molar-refractivity contribution >= 4 is 23.6 Å². The highest BCUT2D eigenvalue weighted by molar-refractivity contribution is 7.98. The Morgan fingerprint density at radius 1 is 1.59 bits per heavy atom. The fourth-order valence-electron chi connectivity index (χ4n) is 1.02. The number of carbonyl (C=O) groups excluding carboxylic acids is 1. The van der Waals surface area contributed by atoms with E-state index in [4.69, 9.17) is 10.4 Å². The number of carboxylic acid groups (broad SMARTS) is 1. The molecule has 0 aliphatic carbocycles. The Hall–Kier alpha value is -1.68. The molecule has 0 radical (unpaired) electrons. The minimum Gasteiger partial charge on any atom is -0.480 e. The van der Waals surface area contributed by atoms with Crippen LogP contribution in [0.2, 0.25) is 0 Å². The summed E-state index contributed by atoms with van der Waals surface area (Å²) in [6.45, 7) is 0. The van der Waals surface area contributed by atoms with Gasteiger partial charge in [0, 0.05) is 13.2 Å². The Morgan fingerprint density at radius 3 is 2.65 bits per heavy atom. The summed E-state index contributed by atoms with van der Waals surface area (Å²) >= 11 is 1.49. The summed E-state index contributed by atoms with van der Waals surface area (Å²) in [4.78, 5) is 22.4. The topological polar surface area (TPSA) is 102 Å². The van der Waals surface area contributed by atoms with Crippen molar-refractivity contribution in [1.29, 1.82) is 5.26 Å². The number of amides is 1. The van der Waals surface area contributed by atoms with E-state index in [1.165, 1.54) is 18.0 Å². The van der Waals surface area contributed by atoms with Gasteiger partial charge in [0.15, 0.2) is 0 Å². The van der Waals surface area contributed by atoms with Crippen molar-refractivity contribution < 1.29 is 14.7 Å².